The van der Waals surface area contributed by atoms with Gasteiger partial charge < -0.3 is 20.9 Å². The minimum atomic E-state index is -0.0480. The molecule has 0 aliphatic rings. The number of carbonyl (C=O) groups excluding carboxylic acids is 1. The van der Waals surface area contributed by atoms with Gasteiger partial charge in [-0.25, -0.2) is 4.98 Å². The number of hydrogen-bond donors (Lipinski definition) is 3. The lowest BCUT2D eigenvalue weighted by molar-refractivity contribution is 0.0730. The molecule has 51 heavy (non-hydrogen) atoms. The minimum absolute atomic E-state index is 0.0480. The highest BCUT2D eigenvalue weighted by atomic mass is 16.2. The smallest absolute Gasteiger partial charge is 0.254 e. The maximum absolute atomic E-state index is 14.4. The Bertz CT molecular complexity index is 2320. The monoisotopic (exact) mass is 670 g/mol. The molecule has 0 radical (unpaired) electrons. The van der Waals surface area contributed by atoms with Gasteiger partial charge in [-0.2, -0.15) is 0 Å². The van der Waals surface area contributed by atoms with Crippen molar-refractivity contribution in [1.82, 2.24) is 14.5 Å². The van der Waals surface area contributed by atoms with E-state index in [-0.39, 0.29) is 11.7 Å². The average Bonchev–Trinajstić information content (AvgIpc) is 3.50. The maximum atomic E-state index is 14.4. The van der Waals surface area contributed by atoms with E-state index in [1.165, 1.54) is 16.5 Å². The Morgan fingerprint density at radius 1 is 0.686 bits per heavy atom. The van der Waals surface area contributed by atoms with Gasteiger partial charge in [0.25, 0.3) is 5.91 Å². The Morgan fingerprint density at radius 3 is 2.04 bits per heavy atom. The molecule has 0 aliphatic carbocycles. The van der Waals surface area contributed by atoms with Crippen molar-refractivity contribution in [3.63, 3.8) is 0 Å². The van der Waals surface area contributed by atoms with Crippen LogP contribution in [0.5, 0.6) is 0 Å². The van der Waals surface area contributed by atoms with Gasteiger partial charge in [0.1, 0.15) is 11.7 Å². The van der Waals surface area contributed by atoms with Crippen LogP contribution in [0.15, 0.2) is 133 Å². The highest BCUT2D eigenvalue weighted by Gasteiger charge is 2.20. The molecule has 7 nitrogen and oxygen atoms in total. The summed E-state index contributed by atoms with van der Waals surface area (Å²) in [7, 11) is 0. The number of aryl methyl sites for hydroxylation is 3. The van der Waals surface area contributed by atoms with E-state index in [0.29, 0.717) is 37.3 Å². The molecule has 7 rings (SSSR count). The van der Waals surface area contributed by atoms with Gasteiger partial charge in [-0.05, 0) is 76.2 Å². The lowest BCUT2D eigenvalue weighted by Crippen LogP contribution is -2.30. The first-order chi connectivity index (χ1) is 24.8. The van der Waals surface area contributed by atoms with Crippen LogP contribution in [-0.2, 0) is 39.0 Å². The number of hydrogen-bond acceptors (Lipinski definition) is 4. The largest absolute Gasteiger partial charge is 0.384 e. The lowest BCUT2D eigenvalue weighted by atomic mass is 10.1. The third-order valence-corrected chi connectivity index (χ3v) is 9.54. The highest BCUT2D eigenvalue weighted by Crippen LogP contribution is 2.25. The van der Waals surface area contributed by atoms with Crippen molar-refractivity contribution in [1.29, 1.82) is 5.41 Å². The Hall–Kier alpha value is -6.05. The molecule has 1 heterocycles. The zero-order valence-electron chi connectivity index (χ0n) is 28.8. The molecule has 254 valence electrons. The van der Waals surface area contributed by atoms with Crippen LogP contribution >= 0.6 is 0 Å². The van der Waals surface area contributed by atoms with Gasteiger partial charge >= 0.3 is 0 Å². The van der Waals surface area contributed by atoms with E-state index in [0.717, 1.165) is 57.3 Å². The van der Waals surface area contributed by atoms with Crippen molar-refractivity contribution in [3.05, 3.63) is 184 Å². The standard InChI is InChI=1S/C44H42N6O/c1-30-6-8-34(9-7-30)29-50-41-22-21-39(25-40(41)48-42(50)23-17-31-14-19-37(20-15-31)43(46)47)44(51)49(27-33-12-10-32(26-45)11-13-33)28-35-16-18-36-4-2-3-5-38(36)24-35/h2-16,18-22,24-25H,17,23,26-29,45H2,1H3,(H3,46,47). The zero-order valence-corrected chi connectivity index (χ0v) is 28.8. The second-order valence-electron chi connectivity index (χ2n) is 13.3. The summed E-state index contributed by atoms with van der Waals surface area (Å²) in [6, 6.07) is 45.2. The quantitative estimate of drug-likeness (QED) is 0.0905. The van der Waals surface area contributed by atoms with Crippen LogP contribution < -0.4 is 11.5 Å². The third-order valence-electron chi connectivity index (χ3n) is 9.54. The molecule has 0 saturated carbocycles. The van der Waals surface area contributed by atoms with E-state index in [4.69, 9.17) is 21.9 Å². The van der Waals surface area contributed by atoms with Crippen molar-refractivity contribution in [2.45, 2.75) is 45.9 Å². The summed E-state index contributed by atoms with van der Waals surface area (Å²) >= 11 is 0. The average molecular weight is 671 g/mol. The second kappa shape index (κ2) is 14.8. The number of nitrogens with zero attached hydrogens (tertiary/aromatic N) is 3. The molecule has 0 bridgehead atoms. The van der Waals surface area contributed by atoms with E-state index in [9.17, 15) is 4.79 Å². The molecule has 0 fully saturated rings. The number of fused-ring (bicyclic) bond motifs is 2. The van der Waals surface area contributed by atoms with Crippen LogP contribution in [0.3, 0.4) is 0 Å². The number of benzene rings is 6. The van der Waals surface area contributed by atoms with Crippen LogP contribution in [0, 0.1) is 12.3 Å². The number of nitrogens with one attached hydrogen (secondary N) is 1. The molecular weight excluding hydrogens is 629 g/mol. The first kappa shape index (κ1) is 33.4. The van der Waals surface area contributed by atoms with Gasteiger partial charge in [-0.15, -0.1) is 0 Å². The zero-order chi connectivity index (χ0) is 35.3. The summed E-state index contributed by atoms with van der Waals surface area (Å²) in [6.45, 7) is 4.18. The molecule has 0 saturated heterocycles. The SMILES string of the molecule is Cc1ccc(Cn2c(CCc3ccc(C(=N)N)cc3)nc3cc(C(=O)N(Cc4ccc(CN)cc4)Cc4ccc5ccccc5c4)ccc32)cc1. The van der Waals surface area contributed by atoms with Crippen LogP contribution in [0.1, 0.15) is 55.1 Å². The van der Waals surface area contributed by atoms with Crippen molar-refractivity contribution in [2.75, 3.05) is 0 Å². The van der Waals surface area contributed by atoms with Crippen LogP contribution in [0.25, 0.3) is 21.8 Å². The van der Waals surface area contributed by atoms with Gasteiger partial charge in [-0.1, -0.05) is 115 Å². The fraction of sp³-hybridized carbons (Fsp3) is 0.159. The number of aromatic nitrogens is 2. The molecule has 7 aromatic rings. The van der Waals surface area contributed by atoms with E-state index in [1.807, 2.05) is 71.6 Å². The highest BCUT2D eigenvalue weighted by molar-refractivity contribution is 5.97. The fourth-order valence-corrected chi connectivity index (χ4v) is 6.60. The number of nitrogen functional groups attached to an aromatic ring is 1. The van der Waals surface area contributed by atoms with E-state index in [2.05, 4.69) is 78.2 Å². The van der Waals surface area contributed by atoms with Gasteiger partial charge in [0.2, 0.25) is 0 Å². The Kier molecular flexibility index (Phi) is 9.72. The number of amides is 1. The number of nitrogens with two attached hydrogens (primary N) is 2. The van der Waals surface area contributed by atoms with E-state index >= 15 is 0 Å². The topological polar surface area (TPSA) is 114 Å². The normalized spacial score (nSPS) is 11.3. The summed E-state index contributed by atoms with van der Waals surface area (Å²) < 4.78 is 2.27. The second-order valence-corrected chi connectivity index (χ2v) is 13.3. The lowest BCUT2D eigenvalue weighted by Gasteiger charge is -2.24. The maximum Gasteiger partial charge on any atom is 0.254 e. The van der Waals surface area contributed by atoms with Gasteiger partial charge in [0.05, 0.1) is 11.0 Å². The molecule has 0 unspecified atom stereocenters. The molecule has 0 aliphatic heterocycles. The Balaban J connectivity index is 1.21. The van der Waals surface area contributed by atoms with Crippen LogP contribution in [0.4, 0.5) is 0 Å². The third kappa shape index (κ3) is 7.74. The molecular formula is C44H42N6O. The molecule has 1 aromatic heterocycles. The van der Waals surface area contributed by atoms with Gasteiger partial charge in [-0.3, -0.25) is 10.2 Å². The van der Waals surface area contributed by atoms with Crippen molar-refractivity contribution >= 4 is 33.5 Å². The summed E-state index contributed by atoms with van der Waals surface area (Å²) in [6.07, 6.45) is 1.50. The molecule has 6 aromatic carbocycles. The molecule has 7 heteroatoms. The van der Waals surface area contributed by atoms with Crippen molar-refractivity contribution < 1.29 is 4.79 Å². The predicted octanol–water partition coefficient (Wildman–Crippen LogP) is 7.92. The van der Waals surface area contributed by atoms with Crippen molar-refractivity contribution in [2.24, 2.45) is 11.5 Å². The number of rotatable bonds is 12. The first-order valence-corrected chi connectivity index (χ1v) is 17.4. The van der Waals surface area contributed by atoms with Crippen LogP contribution in [0.2, 0.25) is 0 Å². The van der Waals surface area contributed by atoms with E-state index < -0.39 is 0 Å². The van der Waals surface area contributed by atoms with Gasteiger partial charge in [0.15, 0.2) is 0 Å². The number of imidazole rings is 1. The fourth-order valence-electron chi connectivity index (χ4n) is 6.60. The number of carbonyl (C=O) groups is 1. The molecule has 0 atom stereocenters. The van der Waals surface area contributed by atoms with Gasteiger partial charge in [0, 0.05) is 43.7 Å². The van der Waals surface area contributed by atoms with Crippen LogP contribution in [-0.4, -0.2) is 26.2 Å². The minimum Gasteiger partial charge on any atom is -0.384 e. The number of amidine groups is 1. The summed E-state index contributed by atoms with van der Waals surface area (Å²) in [4.78, 5) is 21.5. The summed E-state index contributed by atoms with van der Waals surface area (Å²) in [5, 5.41) is 10.0. The van der Waals surface area contributed by atoms with E-state index in [1.54, 1.807) is 0 Å². The summed E-state index contributed by atoms with van der Waals surface area (Å²) in [5.41, 5.74) is 21.4. The van der Waals surface area contributed by atoms with Crippen molar-refractivity contribution in [3.8, 4) is 0 Å². The summed E-state index contributed by atoms with van der Waals surface area (Å²) in [5.74, 6) is 0.971. The first-order valence-electron chi connectivity index (χ1n) is 17.4. The molecule has 5 N–H and O–H groups in total. The molecule has 1 amide bonds. The Labute approximate surface area is 298 Å². The predicted molar refractivity (Wildman–Crippen MR) is 207 cm³/mol. The Morgan fingerprint density at radius 2 is 1.31 bits per heavy atom. The molecule has 0 spiro atoms.